The van der Waals surface area contributed by atoms with Crippen molar-refractivity contribution in [2.45, 2.75) is 4.21 Å². The molecule has 0 saturated carbocycles. The molecule has 108 valence electrons. The van der Waals surface area contributed by atoms with Gasteiger partial charge in [0.25, 0.3) is 10.0 Å². The number of rotatable bonds is 6. The van der Waals surface area contributed by atoms with Gasteiger partial charge in [0.05, 0.1) is 4.92 Å². The number of nitro groups is 1. The number of nitrogen functional groups attached to an aromatic ring is 1. The Balaban J connectivity index is 3.00. The molecule has 1 heterocycles. The van der Waals surface area contributed by atoms with E-state index < -0.39 is 14.9 Å². The molecule has 0 atom stereocenters. The predicted octanol–water partition coefficient (Wildman–Crippen LogP) is 0.421. The Morgan fingerprint density at radius 1 is 1.37 bits per heavy atom. The molecule has 1 rings (SSSR count). The minimum atomic E-state index is -3.73. The Kier molecular flexibility index (Phi) is 4.85. The normalized spacial score (nSPS) is 12.3. The number of likely N-dealkylation sites (N-methyl/N-ethyl adjacent to an activating group) is 2. The Labute approximate surface area is 115 Å². The minimum Gasteiger partial charge on any atom is -0.385 e. The maximum Gasteiger partial charge on any atom is 0.304 e. The molecule has 0 amide bonds. The van der Waals surface area contributed by atoms with Gasteiger partial charge in [-0.15, -0.1) is 0 Å². The summed E-state index contributed by atoms with van der Waals surface area (Å²) in [6, 6.07) is 1.00. The molecule has 0 radical (unpaired) electrons. The highest BCUT2D eigenvalue weighted by atomic mass is 32.2. The maximum absolute atomic E-state index is 12.2. The van der Waals surface area contributed by atoms with E-state index in [0.717, 1.165) is 10.4 Å². The number of sulfonamides is 1. The van der Waals surface area contributed by atoms with Crippen LogP contribution in [0, 0.1) is 10.1 Å². The Bertz CT molecular complexity index is 567. The van der Waals surface area contributed by atoms with Gasteiger partial charge in [-0.1, -0.05) is 11.3 Å². The molecule has 0 saturated heterocycles. The molecule has 2 N–H and O–H groups in total. The third-order valence-electron chi connectivity index (χ3n) is 2.44. The molecule has 10 heteroatoms. The summed E-state index contributed by atoms with van der Waals surface area (Å²) < 4.78 is 25.4. The highest BCUT2D eigenvalue weighted by Crippen LogP contribution is 2.35. The largest absolute Gasteiger partial charge is 0.385 e. The Morgan fingerprint density at radius 2 is 1.95 bits per heavy atom. The lowest BCUT2D eigenvalue weighted by Crippen LogP contribution is -2.33. The summed E-state index contributed by atoms with van der Waals surface area (Å²) in [6.07, 6.45) is 0. The van der Waals surface area contributed by atoms with Crippen LogP contribution in [0.15, 0.2) is 10.3 Å². The van der Waals surface area contributed by atoms with Crippen LogP contribution in [0.5, 0.6) is 0 Å². The van der Waals surface area contributed by atoms with Gasteiger partial charge in [-0.25, -0.2) is 8.42 Å². The second-order valence-corrected chi connectivity index (χ2v) is 7.56. The number of anilines is 1. The van der Waals surface area contributed by atoms with E-state index in [4.69, 9.17) is 5.73 Å². The van der Waals surface area contributed by atoms with Gasteiger partial charge in [0.1, 0.15) is 4.21 Å². The van der Waals surface area contributed by atoms with Crippen LogP contribution in [-0.4, -0.2) is 56.8 Å². The monoisotopic (exact) mass is 308 g/mol. The predicted molar refractivity (Wildman–Crippen MR) is 73.8 cm³/mol. The van der Waals surface area contributed by atoms with Crippen LogP contribution in [0.1, 0.15) is 0 Å². The molecule has 0 spiro atoms. The first-order chi connectivity index (χ1) is 8.66. The Morgan fingerprint density at radius 3 is 2.37 bits per heavy atom. The molecule has 1 aromatic heterocycles. The second kappa shape index (κ2) is 5.82. The molecule has 0 aromatic carbocycles. The van der Waals surface area contributed by atoms with Gasteiger partial charge in [-0.05, 0) is 14.1 Å². The van der Waals surface area contributed by atoms with Gasteiger partial charge in [-0.3, -0.25) is 10.1 Å². The van der Waals surface area contributed by atoms with Crippen molar-refractivity contribution in [1.29, 1.82) is 0 Å². The van der Waals surface area contributed by atoms with E-state index >= 15 is 0 Å². The lowest BCUT2D eigenvalue weighted by Gasteiger charge is -2.18. The molecule has 0 bridgehead atoms. The highest BCUT2D eigenvalue weighted by Gasteiger charge is 2.27. The third-order valence-corrected chi connectivity index (χ3v) is 5.70. The highest BCUT2D eigenvalue weighted by molar-refractivity contribution is 7.91. The average Bonchev–Trinajstić information content (AvgIpc) is 2.68. The standard InChI is InChI=1S/C9H16N4O4S2/c1-11(2)4-5-12(3)19(16,17)8-6-7(13(14)15)9(10)18-8/h6H,4-5,10H2,1-3H3. The van der Waals surface area contributed by atoms with Gasteiger partial charge in [-0.2, -0.15) is 4.31 Å². The van der Waals surface area contributed by atoms with Crippen LogP contribution in [0.25, 0.3) is 0 Å². The van der Waals surface area contributed by atoms with Gasteiger partial charge in [0, 0.05) is 26.2 Å². The van der Waals surface area contributed by atoms with Crippen LogP contribution < -0.4 is 5.73 Å². The van der Waals surface area contributed by atoms with Crippen molar-refractivity contribution in [3.05, 3.63) is 16.2 Å². The maximum atomic E-state index is 12.2. The number of nitrogens with zero attached hydrogens (tertiary/aromatic N) is 3. The van der Waals surface area contributed by atoms with Crippen molar-refractivity contribution in [1.82, 2.24) is 9.21 Å². The van der Waals surface area contributed by atoms with E-state index in [1.165, 1.54) is 7.05 Å². The zero-order valence-electron chi connectivity index (χ0n) is 10.9. The van der Waals surface area contributed by atoms with E-state index in [1.54, 1.807) is 0 Å². The quantitative estimate of drug-likeness (QED) is 0.602. The molecule has 0 unspecified atom stereocenters. The first kappa shape index (κ1) is 15.8. The van der Waals surface area contributed by atoms with Crippen molar-refractivity contribution >= 4 is 32.0 Å². The van der Waals surface area contributed by atoms with Crippen LogP contribution >= 0.6 is 11.3 Å². The molecule has 1 aromatic rings. The van der Waals surface area contributed by atoms with Crippen molar-refractivity contribution < 1.29 is 13.3 Å². The summed E-state index contributed by atoms with van der Waals surface area (Å²) in [7, 11) is 1.36. The number of hydrogen-bond acceptors (Lipinski definition) is 7. The molecule has 0 aliphatic carbocycles. The van der Waals surface area contributed by atoms with Gasteiger partial charge in [0.15, 0.2) is 5.00 Å². The molecule has 8 nitrogen and oxygen atoms in total. The molecular weight excluding hydrogens is 292 g/mol. The SMILES string of the molecule is CN(C)CCN(C)S(=O)(=O)c1cc([N+](=O)[O-])c(N)s1. The molecule has 0 aliphatic heterocycles. The summed E-state index contributed by atoms with van der Waals surface area (Å²) in [5.74, 6) is 0. The van der Waals surface area contributed by atoms with Crippen LogP contribution in [-0.2, 0) is 10.0 Å². The third kappa shape index (κ3) is 3.62. The topological polar surface area (TPSA) is 110 Å². The molecule has 0 fully saturated rings. The molecule has 19 heavy (non-hydrogen) atoms. The van der Waals surface area contributed by atoms with Crippen LogP contribution in [0.3, 0.4) is 0 Å². The van der Waals surface area contributed by atoms with Crippen molar-refractivity contribution in [3.63, 3.8) is 0 Å². The smallest absolute Gasteiger partial charge is 0.304 e. The van der Waals surface area contributed by atoms with Crippen LogP contribution in [0.2, 0.25) is 0 Å². The first-order valence-electron chi connectivity index (χ1n) is 5.31. The minimum absolute atomic E-state index is 0.107. The molecule has 0 aliphatic rings. The summed E-state index contributed by atoms with van der Waals surface area (Å²) in [4.78, 5) is 11.8. The van der Waals surface area contributed by atoms with Gasteiger partial charge in [0.2, 0.25) is 0 Å². The lowest BCUT2D eigenvalue weighted by atomic mass is 10.5. The summed E-state index contributed by atoms with van der Waals surface area (Å²) in [6.45, 7) is 0.847. The van der Waals surface area contributed by atoms with Gasteiger partial charge < -0.3 is 10.6 Å². The van der Waals surface area contributed by atoms with Crippen molar-refractivity contribution in [2.24, 2.45) is 0 Å². The number of hydrogen-bond donors (Lipinski definition) is 1. The van der Waals surface area contributed by atoms with E-state index in [0.29, 0.717) is 24.4 Å². The summed E-state index contributed by atoms with van der Waals surface area (Å²) in [5.41, 5.74) is 5.08. The Hall–Kier alpha value is -1.23. The summed E-state index contributed by atoms with van der Waals surface area (Å²) >= 11 is 0.705. The number of thiophene rings is 1. The van der Waals surface area contributed by atoms with E-state index in [1.807, 2.05) is 19.0 Å². The number of nitrogens with two attached hydrogens (primary N) is 1. The average molecular weight is 308 g/mol. The fraction of sp³-hybridized carbons (Fsp3) is 0.556. The van der Waals surface area contributed by atoms with Crippen molar-refractivity contribution in [3.8, 4) is 0 Å². The van der Waals surface area contributed by atoms with E-state index in [2.05, 4.69) is 0 Å². The van der Waals surface area contributed by atoms with Crippen LogP contribution in [0.4, 0.5) is 10.7 Å². The van der Waals surface area contributed by atoms with E-state index in [9.17, 15) is 18.5 Å². The fourth-order valence-electron chi connectivity index (χ4n) is 1.26. The van der Waals surface area contributed by atoms with Gasteiger partial charge >= 0.3 is 5.69 Å². The van der Waals surface area contributed by atoms with E-state index in [-0.39, 0.29) is 14.9 Å². The second-order valence-electron chi connectivity index (χ2n) is 4.20. The first-order valence-corrected chi connectivity index (χ1v) is 7.56. The molecular formula is C9H16N4O4S2. The fourth-order valence-corrected chi connectivity index (χ4v) is 3.84. The van der Waals surface area contributed by atoms with Crippen molar-refractivity contribution in [2.75, 3.05) is 40.0 Å². The lowest BCUT2D eigenvalue weighted by molar-refractivity contribution is -0.383. The summed E-state index contributed by atoms with van der Waals surface area (Å²) in [5, 5.41) is 10.6. The zero-order valence-corrected chi connectivity index (χ0v) is 12.5. The zero-order chi connectivity index (χ0) is 14.8.